The number of hydrogen-bond acceptors (Lipinski definition) is 3. The van der Waals surface area contributed by atoms with Gasteiger partial charge in [-0.05, 0) is 60.0 Å². The summed E-state index contributed by atoms with van der Waals surface area (Å²) in [6, 6.07) is 12.1. The highest BCUT2D eigenvalue weighted by molar-refractivity contribution is 5.98. The summed E-state index contributed by atoms with van der Waals surface area (Å²) in [6.45, 7) is 0.327. The maximum Gasteiger partial charge on any atom is 0.573 e. The molecule has 0 unspecified atom stereocenters. The monoisotopic (exact) mass is 477 g/mol. The van der Waals surface area contributed by atoms with E-state index in [1.807, 2.05) is 0 Å². The van der Waals surface area contributed by atoms with Gasteiger partial charge in [0.1, 0.15) is 17.3 Å². The topological polar surface area (TPSA) is 92.6 Å². The first-order valence-electron chi connectivity index (χ1n) is 10.2. The zero-order valence-corrected chi connectivity index (χ0v) is 17.5. The van der Waals surface area contributed by atoms with E-state index in [2.05, 4.69) is 15.4 Å². The van der Waals surface area contributed by atoms with Gasteiger partial charge in [-0.3, -0.25) is 4.79 Å². The van der Waals surface area contributed by atoms with Crippen LogP contribution in [0, 0.1) is 5.82 Å². The minimum Gasteiger partial charge on any atom is -0.465 e. The number of benzene rings is 2. The summed E-state index contributed by atoms with van der Waals surface area (Å²) in [5.41, 5.74) is 2.09. The Balaban J connectivity index is 1.86. The normalized spacial score (nSPS) is 15.4. The zero-order valence-electron chi connectivity index (χ0n) is 17.5. The lowest BCUT2D eigenvalue weighted by molar-refractivity contribution is -0.274. The Morgan fingerprint density at radius 2 is 1.88 bits per heavy atom. The molecule has 2 aromatic carbocycles. The van der Waals surface area contributed by atoms with Crippen molar-refractivity contribution >= 4 is 12.0 Å². The number of halogens is 4. The zero-order chi connectivity index (χ0) is 24.5. The summed E-state index contributed by atoms with van der Waals surface area (Å²) in [5.74, 6) is -1.29. The van der Waals surface area contributed by atoms with Crippen molar-refractivity contribution in [3.8, 4) is 28.1 Å². The van der Waals surface area contributed by atoms with Gasteiger partial charge >= 0.3 is 12.5 Å². The van der Waals surface area contributed by atoms with Gasteiger partial charge in [0.15, 0.2) is 0 Å². The molecule has 1 atom stereocenters. The van der Waals surface area contributed by atoms with Gasteiger partial charge in [0.25, 0.3) is 5.91 Å². The molecule has 0 saturated carbocycles. The fourth-order valence-corrected chi connectivity index (χ4v) is 4.03. The highest BCUT2D eigenvalue weighted by Crippen LogP contribution is 2.40. The van der Waals surface area contributed by atoms with Gasteiger partial charge in [-0.1, -0.05) is 12.1 Å². The van der Waals surface area contributed by atoms with E-state index in [9.17, 15) is 27.2 Å². The van der Waals surface area contributed by atoms with Crippen molar-refractivity contribution in [2.45, 2.75) is 18.8 Å². The van der Waals surface area contributed by atoms with Gasteiger partial charge in [-0.25, -0.2) is 9.18 Å². The first kappa shape index (κ1) is 23.1. The van der Waals surface area contributed by atoms with E-state index in [1.54, 1.807) is 16.7 Å². The molecule has 1 aliphatic rings. The van der Waals surface area contributed by atoms with Crippen LogP contribution in [0.2, 0.25) is 0 Å². The minimum atomic E-state index is -4.87. The van der Waals surface area contributed by atoms with E-state index in [0.717, 1.165) is 6.07 Å². The van der Waals surface area contributed by atoms with Crippen molar-refractivity contribution in [3.63, 3.8) is 0 Å². The molecule has 7 nitrogen and oxygen atoms in total. The van der Waals surface area contributed by atoms with Crippen molar-refractivity contribution < 1.29 is 37.0 Å². The Labute approximate surface area is 191 Å². The second-order valence-electron chi connectivity index (χ2n) is 7.63. The molecule has 2 amide bonds. The number of alkyl halides is 3. The molecule has 0 saturated heterocycles. The van der Waals surface area contributed by atoms with Crippen LogP contribution in [0.1, 0.15) is 23.0 Å². The van der Waals surface area contributed by atoms with Crippen LogP contribution in [0.4, 0.5) is 22.4 Å². The van der Waals surface area contributed by atoms with Crippen molar-refractivity contribution in [2.75, 3.05) is 13.1 Å². The predicted molar refractivity (Wildman–Crippen MR) is 114 cm³/mol. The summed E-state index contributed by atoms with van der Waals surface area (Å²) in [5, 5.41) is 13.9. The van der Waals surface area contributed by atoms with Crippen LogP contribution in [-0.2, 0) is 0 Å². The fraction of sp³-hybridized carbons (Fsp3) is 0.217. The summed E-state index contributed by atoms with van der Waals surface area (Å²) in [6.07, 6.45) is -5.73. The molecule has 0 spiro atoms. The first-order valence-corrected chi connectivity index (χ1v) is 10.2. The van der Waals surface area contributed by atoms with Crippen LogP contribution >= 0.6 is 0 Å². The molecule has 0 fully saturated rings. The molecule has 11 heteroatoms. The van der Waals surface area contributed by atoms with E-state index >= 15 is 0 Å². The summed E-state index contributed by atoms with van der Waals surface area (Å²) < 4.78 is 57.7. The third-order valence-corrected chi connectivity index (χ3v) is 5.38. The number of rotatable bonds is 6. The third-order valence-electron chi connectivity index (χ3n) is 5.38. The minimum absolute atomic E-state index is 0.112. The molecule has 2 heterocycles. The number of carbonyl (C=O) groups excluding carboxylic acids is 1. The first-order chi connectivity index (χ1) is 16.1. The summed E-state index contributed by atoms with van der Waals surface area (Å²) >= 11 is 0. The maximum atomic E-state index is 13.6. The molecule has 0 bridgehead atoms. The Kier molecular flexibility index (Phi) is 6.18. The second-order valence-corrected chi connectivity index (χ2v) is 7.63. The van der Waals surface area contributed by atoms with Gasteiger partial charge in [0, 0.05) is 18.7 Å². The van der Waals surface area contributed by atoms with Crippen LogP contribution in [0.15, 0.2) is 54.6 Å². The second kappa shape index (κ2) is 9.08. The average molecular weight is 477 g/mol. The maximum absolute atomic E-state index is 13.6. The molecule has 1 aliphatic heterocycles. The van der Waals surface area contributed by atoms with E-state index in [1.165, 1.54) is 36.4 Å². The number of carboxylic acid groups (broad SMARTS) is 1. The molecule has 178 valence electrons. The van der Waals surface area contributed by atoms with E-state index in [4.69, 9.17) is 5.11 Å². The van der Waals surface area contributed by atoms with Crippen molar-refractivity contribution in [3.05, 3.63) is 66.1 Å². The molecule has 3 aromatic rings. The number of ether oxygens (including phenoxy) is 1. The van der Waals surface area contributed by atoms with Crippen LogP contribution in [0.3, 0.4) is 0 Å². The molecular weight excluding hydrogens is 458 g/mol. The van der Waals surface area contributed by atoms with E-state index < -0.39 is 24.0 Å². The lowest BCUT2D eigenvalue weighted by Gasteiger charge is -2.29. The third kappa shape index (κ3) is 4.98. The summed E-state index contributed by atoms with van der Waals surface area (Å²) in [4.78, 5) is 23.5. The van der Waals surface area contributed by atoms with Crippen LogP contribution in [-0.4, -0.2) is 41.1 Å². The highest BCUT2D eigenvalue weighted by Gasteiger charge is 2.33. The van der Waals surface area contributed by atoms with E-state index in [0.29, 0.717) is 28.8 Å². The number of fused-ring (bicyclic) bond motifs is 1. The Morgan fingerprint density at radius 3 is 2.56 bits per heavy atom. The standard InChI is InChI=1S/C23H19F4N3O4/c24-15-6-4-13(5-7-15)20-18(14-2-1-3-17(10-14)34-23(25,26)27)11-19-21(31)29-12-16(30(19)20)8-9-28-22(32)33/h1-7,10-11,16,28H,8-9,12H2,(H,29,31)(H,32,33)/t16-/m0/s1. The van der Waals surface area contributed by atoms with Gasteiger partial charge < -0.3 is 25.0 Å². The lowest BCUT2D eigenvalue weighted by atomic mass is 10.0. The summed E-state index contributed by atoms with van der Waals surface area (Å²) in [7, 11) is 0. The quantitative estimate of drug-likeness (QED) is 0.445. The van der Waals surface area contributed by atoms with Gasteiger partial charge in [0.2, 0.25) is 0 Å². The Hall–Kier alpha value is -4.02. The number of amides is 2. The van der Waals surface area contributed by atoms with Gasteiger partial charge in [-0.15, -0.1) is 13.2 Å². The van der Waals surface area contributed by atoms with Crippen molar-refractivity contribution in [1.29, 1.82) is 0 Å². The van der Waals surface area contributed by atoms with Crippen LogP contribution < -0.4 is 15.4 Å². The predicted octanol–water partition coefficient (Wildman–Crippen LogP) is 4.80. The lowest BCUT2D eigenvalue weighted by Crippen LogP contribution is -2.40. The molecule has 4 rings (SSSR count). The number of aromatic nitrogens is 1. The number of nitrogens with zero attached hydrogens (tertiary/aromatic N) is 1. The molecule has 3 N–H and O–H groups in total. The Morgan fingerprint density at radius 1 is 1.15 bits per heavy atom. The van der Waals surface area contributed by atoms with Crippen molar-refractivity contribution in [2.24, 2.45) is 0 Å². The molecule has 0 radical (unpaired) electrons. The highest BCUT2D eigenvalue weighted by atomic mass is 19.4. The van der Waals surface area contributed by atoms with Crippen molar-refractivity contribution in [1.82, 2.24) is 15.2 Å². The molecule has 34 heavy (non-hydrogen) atoms. The largest absolute Gasteiger partial charge is 0.573 e. The van der Waals surface area contributed by atoms with Gasteiger partial charge in [-0.2, -0.15) is 0 Å². The van der Waals surface area contributed by atoms with E-state index in [-0.39, 0.29) is 30.7 Å². The van der Waals surface area contributed by atoms with Crippen LogP contribution in [0.5, 0.6) is 5.75 Å². The SMILES string of the molecule is O=C(O)NCC[C@H]1CNC(=O)c2cc(-c3cccc(OC(F)(F)F)c3)c(-c3ccc(F)cc3)n21. The molecule has 0 aliphatic carbocycles. The smallest absolute Gasteiger partial charge is 0.465 e. The average Bonchev–Trinajstić information content (AvgIpc) is 3.16. The number of hydrogen-bond donors (Lipinski definition) is 3. The molecule has 1 aromatic heterocycles. The fourth-order valence-electron chi connectivity index (χ4n) is 4.03. The van der Waals surface area contributed by atoms with Crippen LogP contribution in [0.25, 0.3) is 22.4 Å². The Bertz CT molecular complexity index is 1220. The number of carbonyl (C=O) groups is 2. The number of nitrogens with one attached hydrogen (secondary N) is 2. The molecular formula is C23H19F4N3O4. The van der Waals surface area contributed by atoms with Gasteiger partial charge in [0.05, 0.1) is 11.7 Å².